The Bertz CT molecular complexity index is 574. The maximum Gasteiger partial charge on any atom is 0.105 e. The van der Waals surface area contributed by atoms with Crippen molar-refractivity contribution in [1.29, 1.82) is 0 Å². The first kappa shape index (κ1) is 14.8. The molecule has 1 atom stereocenters. The predicted molar refractivity (Wildman–Crippen MR) is 82.6 cm³/mol. The van der Waals surface area contributed by atoms with E-state index < -0.39 is 0 Å². The zero-order valence-electron chi connectivity index (χ0n) is 12.8. The summed E-state index contributed by atoms with van der Waals surface area (Å²) in [6.45, 7) is 7.72. The van der Waals surface area contributed by atoms with Crippen LogP contribution in [0.25, 0.3) is 0 Å². The molecule has 2 aromatic rings. The number of likely N-dealkylation sites (N-methyl/N-ethyl adjacent to an activating group) is 1. The molecule has 0 aliphatic rings. The zero-order valence-corrected chi connectivity index (χ0v) is 12.8. The minimum absolute atomic E-state index is 0.227. The van der Waals surface area contributed by atoms with Crippen LogP contribution in [0.3, 0.4) is 0 Å². The standard InChI is InChI=1S/C17H24N2O/c1-12-5-6-16(13(2)9-12)17(10-18)19(4)11-15-7-8-20-14(15)3/h5-9,17H,10-11,18H2,1-4H3. The van der Waals surface area contributed by atoms with E-state index in [1.54, 1.807) is 6.26 Å². The third kappa shape index (κ3) is 3.11. The molecule has 0 spiro atoms. The van der Waals surface area contributed by atoms with Crippen molar-refractivity contribution < 1.29 is 4.42 Å². The van der Waals surface area contributed by atoms with Gasteiger partial charge in [-0.25, -0.2) is 0 Å². The van der Waals surface area contributed by atoms with E-state index in [0.717, 1.165) is 12.3 Å². The molecule has 20 heavy (non-hydrogen) atoms. The van der Waals surface area contributed by atoms with Crippen LogP contribution >= 0.6 is 0 Å². The third-order valence-electron chi connectivity index (χ3n) is 3.93. The quantitative estimate of drug-likeness (QED) is 0.907. The third-order valence-corrected chi connectivity index (χ3v) is 3.93. The van der Waals surface area contributed by atoms with E-state index in [1.165, 1.54) is 22.3 Å². The van der Waals surface area contributed by atoms with Crippen LogP contribution in [-0.2, 0) is 6.54 Å². The van der Waals surface area contributed by atoms with Gasteiger partial charge in [-0.3, -0.25) is 4.90 Å². The number of hydrogen-bond donors (Lipinski definition) is 1. The highest BCUT2D eigenvalue weighted by Gasteiger charge is 2.18. The molecule has 0 aliphatic heterocycles. The lowest BCUT2D eigenvalue weighted by atomic mass is 9.98. The Hall–Kier alpha value is -1.58. The number of nitrogens with zero attached hydrogens (tertiary/aromatic N) is 1. The summed E-state index contributed by atoms with van der Waals surface area (Å²) in [5.41, 5.74) is 11.1. The van der Waals surface area contributed by atoms with E-state index in [1.807, 2.05) is 13.0 Å². The van der Waals surface area contributed by atoms with E-state index in [4.69, 9.17) is 10.2 Å². The number of benzene rings is 1. The molecule has 3 nitrogen and oxygen atoms in total. The van der Waals surface area contributed by atoms with Crippen molar-refractivity contribution in [3.05, 3.63) is 58.5 Å². The Labute approximate surface area is 121 Å². The van der Waals surface area contributed by atoms with Crippen LogP contribution in [0.1, 0.15) is 34.1 Å². The molecule has 1 unspecified atom stereocenters. The molecule has 0 amide bonds. The van der Waals surface area contributed by atoms with Crippen molar-refractivity contribution in [2.45, 2.75) is 33.4 Å². The molecule has 3 heteroatoms. The van der Waals surface area contributed by atoms with Crippen LogP contribution in [0.5, 0.6) is 0 Å². The Morgan fingerprint density at radius 1 is 1.20 bits per heavy atom. The largest absolute Gasteiger partial charge is 0.469 e. The van der Waals surface area contributed by atoms with Gasteiger partial charge in [-0.2, -0.15) is 0 Å². The van der Waals surface area contributed by atoms with E-state index in [2.05, 4.69) is 44.0 Å². The Morgan fingerprint density at radius 3 is 2.50 bits per heavy atom. The Kier molecular flexibility index (Phi) is 4.63. The molecule has 108 valence electrons. The molecule has 2 rings (SSSR count). The van der Waals surface area contributed by atoms with Gasteiger partial charge in [0.1, 0.15) is 5.76 Å². The van der Waals surface area contributed by atoms with Crippen molar-refractivity contribution in [2.75, 3.05) is 13.6 Å². The van der Waals surface area contributed by atoms with Crippen LogP contribution < -0.4 is 5.73 Å². The number of rotatable bonds is 5. The van der Waals surface area contributed by atoms with Crippen LogP contribution in [0, 0.1) is 20.8 Å². The summed E-state index contributed by atoms with van der Waals surface area (Å²) < 4.78 is 5.37. The highest BCUT2D eigenvalue weighted by Crippen LogP contribution is 2.25. The lowest BCUT2D eigenvalue weighted by Crippen LogP contribution is -2.30. The molecule has 1 aromatic carbocycles. The molecule has 0 saturated heterocycles. The molecule has 0 fully saturated rings. The summed E-state index contributed by atoms with van der Waals surface area (Å²) >= 11 is 0. The van der Waals surface area contributed by atoms with Crippen molar-refractivity contribution in [3.8, 4) is 0 Å². The first-order chi connectivity index (χ1) is 9.52. The predicted octanol–water partition coefficient (Wildman–Crippen LogP) is 3.34. The maximum absolute atomic E-state index is 6.01. The van der Waals surface area contributed by atoms with Gasteiger partial charge >= 0.3 is 0 Å². The fraction of sp³-hybridized carbons (Fsp3) is 0.412. The smallest absolute Gasteiger partial charge is 0.105 e. The van der Waals surface area contributed by atoms with Crippen LogP contribution in [0.2, 0.25) is 0 Å². The fourth-order valence-corrected chi connectivity index (χ4v) is 2.70. The summed E-state index contributed by atoms with van der Waals surface area (Å²) in [6, 6.07) is 8.82. The van der Waals surface area contributed by atoms with Crippen LogP contribution in [0.15, 0.2) is 34.9 Å². The highest BCUT2D eigenvalue weighted by molar-refractivity contribution is 5.33. The molecular weight excluding hydrogens is 248 g/mol. The minimum atomic E-state index is 0.227. The first-order valence-electron chi connectivity index (χ1n) is 7.03. The minimum Gasteiger partial charge on any atom is -0.469 e. The zero-order chi connectivity index (χ0) is 14.7. The second-order valence-electron chi connectivity index (χ2n) is 5.53. The van der Waals surface area contributed by atoms with Gasteiger partial charge in [0.05, 0.1) is 6.26 Å². The monoisotopic (exact) mass is 272 g/mol. The topological polar surface area (TPSA) is 42.4 Å². The van der Waals surface area contributed by atoms with Crippen LogP contribution in [0.4, 0.5) is 0 Å². The van der Waals surface area contributed by atoms with Gasteiger partial charge in [0, 0.05) is 24.7 Å². The van der Waals surface area contributed by atoms with E-state index in [0.29, 0.717) is 6.54 Å². The van der Waals surface area contributed by atoms with Gasteiger partial charge in [-0.15, -0.1) is 0 Å². The van der Waals surface area contributed by atoms with E-state index in [-0.39, 0.29) is 6.04 Å². The fourth-order valence-electron chi connectivity index (χ4n) is 2.70. The maximum atomic E-state index is 6.01. The summed E-state index contributed by atoms with van der Waals surface area (Å²) in [5.74, 6) is 0.980. The van der Waals surface area contributed by atoms with Crippen LogP contribution in [-0.4, -0.2) is 18.5 Å². The number of aryl methyl sites for hydroxylation is 3. The van der Waals surface area contributed by atoms with Gasteiger partial charge in [-0.05, 0) is 45.0 Å². The lowest BCUT2D eigenvalue weighted by Gasteiger charge is -2.28. The van der Waals surface area contributed by atoms with Gasteiger partial charge in [-0.1, -0.05) is 23.8 Å². The van der Waals surface area contributed by atoms with Crippen molar-refractivity contribution >= 4 is 0 Å². The second-order valence-corrected chi connectivity index (χ2v) is 5.53. The first-order valence-corrected chi connectivity index (χ1v) is 7.03. The molecular formula is C17H24N2O. The Morgan fingerprint density at radius 2 is 1.95 bits per heavy atom. The Balaban J connectivity index is 2.21. The summed E-state index contributed by atoms with van der Waals surface area (Å²) in [7, 11) is 2.11. The van der Waals surface area contributed by atoms with Gasteiger partial charge in [0.25, 0.3) is 0 Å². The molecule has 0 bridgehead atoms. The number of nitrogens with two attached hydrogens (primary N) is 1. The van der Waals surface area contributed by atoms with Crippen molar-refractivity contribution in [3.63, 3.8) is 0 Å². The van der Waals surface area contributed by atoms with E-state index >= 15 is 0 Å². The van der Waals surface area contributed by atoms with Gasteiger partial charge < -0.3 is 10.2 Å². The summed E-state index contributed by atoms with van der Waals surface area (Å²) in [4.78, 5) is 2.29. The lowest BCUT2D eigenvalue weighted by molar-refractivity contribution is 0.239. The molecule has 0 radical (unpaired) electrons. The highest BCUT2D eigenvalue weighted by atomic mass is 16.3. The molecule has 0 aliphatic carbocycles. The van der Waals surface area contributed by atoms with Gasteiger partial charge in [0.2, 0.25) is 0 Å². The normalized spacial score (nSPS) is 12.9. The number of furan rings is 1. The van der Waals surface area contributed by atoms with Crippen molar-refractivity contribution in [2.24, 2.45) is 5.73 Å². The molecule has 2 N–H and O–H groups in total. The summed E-state index contributed by atoms with van der Waals surface area (Å²) in [6.07, 6.45) is 1.74. The second kappa shape index (κ2) is 6.25. The summed E-state index contributed by atoms with van der Waals surface area (Å²) in [5, 5.41) is 0. The van der Waals surface area contributed by atoms with E-state index in [9.17, 15) is 0 Å². The van der Waals surface area contributed by atoms with Crippen molar-refractivity contribution in [1.82, 2.24) is 4.90 Å². The molecule has 0 saturated carbocycles. The average molecular weight is 272 g/mol. The molecule has 1 heterocycles. The SMILES string of the molecule is Cc1ccc(C(CN)N(C)Cc2ccoc2C)c(C)c1. The average Bonchev–Trinajstić information content (AvgIpc) is 2.78. The van der Waals surface area contributed by atoms with Gasteiger partial charge in [0.15, 0.2) is 0 Å². The number of hydrogen-bond acceptors (Lipinski definition) is 3. The molecule has 1 aromatic heterocycles.